The molecule has 0 bridgehead atoms. The van der Waals surface area contributed by atoms with Crippen molar-refractivity contribution in [2.24, 2.45) is 0 Å². The van der Waals surface area contributed by atoms with Crippen LogP contribution < -0.4 is 5.32 Å². The highest BCUT2D eigenvalue weighted by Crippen LogP contribution is 2.10. The lowest BCUT2D eigenvalue weighted by Crippen LogP contribution is -2.38. The molecule has 1 aromatic rings. The van der Waals surface area contributed by atoms with Crippen molar-refractivity contribution in [3.05, 3.63) is 17.7 Å². The van der Waals surface area contributed by atoms with Crippen LogP contribution in [0.5, 0.6) is 0 Å². The maximum absolute atomic E-state index is 8.85. The summed E-state index contributed by atoms with van der Waals surface area (Å²) in [5.41, 5.74) is 2.23. The Kier molecular flexibility index (Phi) is 1.63. The average molecular weight is 153 g/mol. The van der Waals surface area contributed by atoms with Crippen molar-refractivity contribution in [3.8, 4) is 0 Å². The summed E-state index contributed by atoms with van der Waals surface area (Å²) in [4.78, 5) is 7.20. The van der Waals surface area contributed by atoms with E-state index in [1.165, 1.54) is 0 Å². The summed E-state index contributed by atoms with van der Waals surface area (Å²) in [7, 11) is 0. The maximum atomic E-state index is 8.85. The van der Waals surface area contributed by atoms with Gasteiger partial charge < -0.3 is 15.4 Å². The molecule has 4 heteroatoms. The number of imidazole rings is 1. The molecule has 60 valence electrons. The van der Waals surface area contributed by atoms with E-state index in [2.05, 4.69) is 15.3 Å². The normalized spacial score (nSPS) is 23.2. The fourth-order valence-corrected chi connectivity index (χ4v) is 1.36. The van der Waals surface area contributed by atoms with E-state index in [-0.39, 0.29) is 12.6 Å². The Labute approximate surface area is 64.7 Å². The van der Waals surface area contributed by atoms with Crippen LogP contribution in [0.15, 0.2) is 6.33 Å². The van der Waals surface area contributed by atoms with Gasteiger partial charge in [-0.2, -0.15) is 0 Å². The molecule has 0 radical (unpaired) electrons. The predicted molar refractivity (Wildman–Crippen MR) is 40.0 cm³/mol. The molecule has 4 nitrogen and oxygen atoms in total. The van der Waals surface area contributed by atoms with E-state index in [1.54, 1.807) is 6.33 Å². The maximum Gasteiger partial charge on any atom is 0.0925 e. The first-order valence-electron chi connectivity index (χ1n) is 3.75. The van der Waals surface area contributed by atoms with Gasteiger partial charge in [-0.1, -0.05) is 0 Å². The fourth-order valence-electron chi connectivity index (χ4n) is 1.36. The van der Waals surface area contributed by atoms with E-state index in [9.17, 15) is 0 Å². The number of nitrogens with zero attached hydrogens (tertiary/aromatic N) is 1. The summed E-state index contributed by atoms with van der Waals surface area (Å²) >= 11 is 0. The molecule has 3 N–H and O–H groups in total. The van der Waals surface area contributed by atoms with Gasteiger partial charge in [-0.25, -0.2) is 4.98 Å². The van der Waals surface area contributed by atoms with Crippen LogP contribution in [-0.4, -0.2) is 27.7 Å². The van der Waals surface area contributed by atoms with Gasteiger partial charge >= 0.3 is 0 Å². The number of aromatic nitrogens is 2. The van der Waals surface area contributed by atoms with E-state index in [1.807, 2.05) is 0 Å². The van der Waals surface area contributed by atoms with Gasteiger partial charge in [-0.3, -0.25) is 0 Å². The Morgan fingerprint density at radius 2 is 2.64 bits per heavy atom. The number of H-pyrrole nitrogens is 1. The molecule has 1 aliphatic rings. The van der Waals surface area contributed by atoms with Crippen molar-refractivity contribution in [1.82, 2.24) is 15.3 Å². The number of hydrogen-bond acceptors (Lipinski definition) is 3. The van der Waals surface area contributed by atoms with E-state index in [0.29, 0.717) is 0 Å². The Hall–Kier alpha value is -0.870. The largest absolute Gasteiger partial charge is 0.395 e. The van der Waals surface area contributed by atoms with Crippen molar-refractivity contribution in [1.29, 1.82) is 0 Å². The summed E-state index contributed by atoms with van der Waals surface area (Å²) < 4.78 is 0. The number of aliphatic hydroxyl groups excluding tert-OH is 1. The molecular weight excluding hydrogens is 142 g/mol. The molecule has 0 saturated heterocycles. The highest BCUT2D eigenvalue weighted by molar-refractivity contribution is 5.15. The van der Waals surface area contributed by atoms with Crippen molar-refractivity contribution >= 4 is 0 Å². The van der Waals surface area contributed by atoms with Crippen LogP contribution in [-0.2, 0) is 13.0 Å². The van der Waals surface area contributed by atoms with Crippen molar-refractivity contribution in [2.45, 2.75) is 19.0 Å². The first kappa shape index (κ1) is 6.82. The van der Waals surface area contributed by atoms with Crippen LogP contribution in [0, 0.1) is 0 Å². The number of aromatic amines is 1. The van der Waals surface area contributed by atoms with Crippen LogP contribution in [0.3, 0.4) is 0 Å². The third-order valence-corrected chi connectivity index (χ3v) is 2.04. The second kappa shape index (κ2) is 2.64. The Morgan fingerprint density at radius 1 is 1.73 bits per heavy atom. The molecule has 11 heavy (non-hydrogen) atoms. The summed E-state index contributed by atoms with van der Waals surface area (Å²) in [6, 6.07) is 0.186. The predicted octanol–water partition coefficient (Wildman–Crippen LogP) is -0.584. The Bertz CT molecular complexity index is 246. The molecule has 2 heterocycles. The van der Waals surface area contributed by atoms with Gasteiger partial charge in [0.2, 0.25) is 0 Å². The molecule has 0 saturated carbocycles. The first-order chi connectivity index (χ1) is 5.40. The zero-order valence-electron chi connectivity index (χ0n) is 6.17. The van der Waals surface area contributed by atoms with Crippen molar-refractivity contribution < 1.29 is 5.11 Å². The average Bonchev–Trinajstić information content (AvgIpc) is 2.50. The number of fused-ring (bicyclic) bond motifs is 1. The van der Waals surface area contributed by atoms with Crippen molar-refractivity contribution in [2.75, 3.05) is 6.61 Å². The van der Waals surface area contributed by atoms with Gasteiger partial charge in [0.25, 0.3) is 0 Å². The monoisotopic (exact) mass is 153 g/mol. The second-order valence-corrected chi connectivity index (χ2v) is 2.79. The van der Waals surface area contributed by atoms with E-state index in [4.69, 9.17) is 5.11 Å². The summed E-state index contributed by atoms with van der Waals surface area (Å²) in [5.74, 6) is 0. The molecule has 0 amide bonds. The van der Waals surface area contributed by atoms with E-state index < -0.39 is 0 Å². The molecule has 0 fully saturated rings. The highest BCUT2D eigenvalue weighted by Gasteiger charge is 2.18. The minimum absolute atomic E-state index is 0.186. The molecule has 0 aromatic carbocycles. The topological polar surface area (TPSA) is 60.9 Å². The van der Waals surface area contributed by atoms with Crippen LogP contribution in [0.2, 0.25) is 0 Å². The molecule has 0 aliphatic carbocycles. The van der Waals surface area contributed by atoms with Gasteiger partial charge in [0.1, 0.15) is 0 Å². The molecule has 0 spiro atoms. The van der Waals surface area contributed by atoms with Gasteiger partial charge in [0.15, 0.2) is 0 Å². The Morgan fingerprint density at radius 3 is 3.45 bits per heavy atom. The Balaban J connectivity index is 2.18. The first-order valence-corrected chi connectivity index (χ1v) is 3.75. The number of hydrogen-bond donors (Lipinski definition) is 3. The smallest absolute Gasteiger partial charge is 0.0925 e. The van der Waals surface area contributed by atoms with E-state index in [0.717, 1.165) is 24.4 Å². The SMILES string of the molecule is OCC1Cc2nc[nH]c2CN1. The van der Waals surface area contributed by atoms with Crippen LogP contribution in [0.4, 0.5) is 0 Å². The van der Waals surface area contributed by atoms with Gasteiger partial charge in [-0.15, -0.1) is 0 Å². The van der Waals surface area contributed by atoms with Crippen LogP contribution in [0.1, 0.15) is 11.4 Å². The van der Waals surface area contributed by atoms with E-state index >= 15 is 0 Å². The molecule has 1 unspecified atom stereocenters. The third kappa shape index (κ3) is 1.15. The summed E-state index contributed by atoms with van der Waals surface area (Å²) in [6.07, 6.45) is 2.53. The molecule has 1 aliphatic heterocycles. The molecule has 1 aromatic heterocycles. The second-order valence-electron chi connectivity index (χ2n) is 2.79. The molecular formula is C7H11N3O. The minimum Gasteiger partial charge on any atom is -0.395 e. The zero-order valence-corrected chi connectivity index (χ0v) is 6.17. The lowest BCUT2D eigenvalue weighted by Gasteiger charge is -2.20. The molecule has 2 rings (SSSR count). The standard InChI is InChI=1S/C7H11N3O/c11-3-5-1-6-7(2-8-5)10-4-9-6/h4-5,8,11H,1-3H2,(H,9,10). The fraction of sp³-hybridized carbons (Fsp3) is 0.571. The zero-order chi connectivity index (χ0) is 7.68. The van der Waals surface area contributed by atoms with Gasteiger partial charge in [-0.05, 0) is 0 Å². The highest BCUT2D eigenvalue weighted by atomic mass is 16.3. The number of rotatable bonds is 1. The molecule has 1 atom stereocenters. The number of nitrogens with one attached hydrogen (secondary N) is 2. The minimum atomic E-state index is 0.186. The van der Waals surface area contributed by atoms with Crippen LogP contribution in [0.25, 0.3) is 0 Å². The lowest BCUT2D eigenvalue weighted by atomic mass is 10.1. The summed E-state index contributed by atoms with van der Waals surface area (Å²) in [5, 5.41) is 12.0. The van der Waals surface area contributed by atoms with Gasteiger partial charge in [0, 0.05) is 19.0 Å². The van der Waals surface area contributed by atoms with Crippen LogP contribution >= 0.6 is 0 Å². The lowest BCUT2D eigenvalue weighted by molar-refractivity contribution is 0.234. The quantitative estimate of drug-likeness (QED) is 0.505. The van der Waals surface area contributed by atoms with Gasteiger partial charge in [0.05, 0.1) is 24.3 Å². The number of aliphatic hydroxyl groups is 1. The summed E-state index contributed by atoms with van der Waals surface area (Å²) in [6.45, 7) is 0.979. The van der Waals surface area contributed by atoms with Crippen molar-refractivity contribution in [3.63, 3.8) is 0 Å². The third-order valence-electron chi connectivity index (χ3n) is 2.04.